The molecule has 1 aromatic rings. The number of hydrogen-bond donors (Lipinski definition) is 1. The summed E-state index contributed by atoms with van der Waals surface area (Å²) in [6.45, 7) is 6.24. The van der Waals surface area contributed by atoms with Crippen LogP contribution in [-0.4, -0.2) is 6.10 Å². The van der Waals surface area contributed by atoms with E-state index in [1.165, 1.54) is 0 Å². The molecular weight excluding hydrogens is 186 g/mol. The predicted octanol–water partition coefficient (Wildman–Crippen LogP) is 3.27. The van der Waals surface area contributed by atoms with Gasteiger partial charge in [-0.05, 0) is 38.0 Å². The Bertz CT molecular complexity index is 296. The summed E-state index contributed by atoms with van der Waals surface area (Å²) in [6.07, 6.45) is 2.51. The topological polar surface area (TPSA) is 35.2 Å². The van der Waals surface area contributed by atoms with Crippen molar-refractivity contribution in [2.45, 2.75) is 45.8 Å². The molecule has 0 aliphatic rings. The zero-order valence-electron chi connectivity index (χ0n) is 9.86. The van der Waals surface area contributed by atoms with E-state index in [-0.39, 0.29) is 12.1 Å². The van der Waals surface area contributed by atoms with Crippen LogP contribution in [0.3, 0.4) is 0 Å². The van der Waals surface area contributed by atoms with Gasteiger partial charge in [-0.3, -0.25) is 0 Å². The van der Waals surface area contributed by atoms with Crippen molar-refractivity contribution in [1.82, 2.24) is 0 Å². The fraction of sp³-hybridized carbons (Fsp3) is 0.538. The van der Waals surface area contributed by atoms with E-state index in [0.29, 0.717) is 0 Å². The van der Waals surface area contributed by atoms with Gasteiger partial charge in [0.05, 0.1) is 6.10 Å². The maximum absolute atomic E-state index is 5.82. The van der Waals surface area contributed by atoms with E-state index in [9.17, 15) is 0 Å². The van der Waals surface area contributed by atoms with E-state index in [2.05, 4.69) is 13.8 Å². The van der Waals surface area contributed by atoms with Gasteiger partial charge < -0.3 is 10.5 Å². The van der Waals surface area contributed by atoms with E-state index in [4.69, 9.17) is 10.5 Å². The Morgan fingerprint density at radius 3 is 2.67 bits per heavy atom. The van der Waals surface area contributed by atoms with E-state index in [0.717, 1.165) is 24.2 Å². The second-order valence-electron chi connectivity index (χ2n) is 4.08. The standard InChI is InChI=1S/C13H21NO/c1-4-6-10(2)15-13-8-5-7-12(9-13)11(3)14/h5,7-11H,4,6,14H2,1-3H3/t10-,11+/m0/s1. The molecular formula is C13H21NO. The Morgan fingerprint density at radius 2 is 2.07 bits per heavy atom. The first kappa shape index (κ1) is 12.1. The third-order valence-electron chi connectivity index (χ3n) is 2.42. The van der Waals surface area contributed by atoms with Crippen molar-refractivity contribution < 1.29 is 4.74 Å². The van der Waals surface area contributed by atoms with Gasteiger partial charge in [-0.25, -0.2) is 0 Å². The maximum atomic E-state index is 5.82. The van der Waals surface area contributed by atoms with Crippen LogP contribution in [-0.2, 0) is 0 Å². The predicted molar refractivity (Wildman–Crippen MR) is 64.0 cm³/mol. The lowest BCUT2D eigenvalue weighted by atomic mass is 10.1. The first-order valence-electron chi connectivity index (χ1n) is 5.65. The summed E-state index contributed by atoms with van der Waals surface area (Å²) < 4.78 is 5.79. The molecule has 84 valence electrons. The Balaban J connectivity index is 2.65. The molecule has 0 unspecified atom stereocenters. The van der Waals surface area contributed by atoms with Crippen LogP contribution in [0.2, 0.25) is 0 Å². The van der Waals surface area contributed by atoms with Gasteiger partial charge in [0.15, 0.2) is 0 Å². The molecule has 2 heteroatoms. The van der Waals surface area contributed by atoms with Crippen LogP contribution >= 0.6 is 0 Å². The van der Waals surface area contributed by atoms with Gasteiger partial charge in [0.2, 0.25) is 0 Å². The minimum absolute atomic E-state index is 0.0648. The minimum atomic E-state index is 0.0648. The highest BCUT2D eigenvalue weighted by molar-refractivity contribution is 5.30. The van der Waals surface area contributed by atoms with Crippen LogP contribution in [0.4, 0.5) is 0 Å². The van der Waals surface area contributed by atoms with Crippen LogP contribution in [0.25, 0.3) is 0 Å². The average molecular weight is 207 g/mol. The Labute approximate surface area is 92.4 Å². The molecule has 0 spiro atoms. The molecule has 0 heterocycles. The molecule has 1 aromatic carbocycles. The lowest BCUT2D eigenvalue weighted by molar-refractivity contribution is 0.209. The Kier molecular flexibility index (Phi) is 4.63. The second-order valence-corrected chi connectivity index (χ2v) is 4.08. The van der Waals surface area contributed by atoms with Gasteiger partial charge in [0.1, 0.15) is 5.75 Å². The van der Waals surface area contributed by atoms with E-state index >= 15 is 0 Å². The fourth-order valence-electron chi connectivity index (χ4n) is 1.57. The number of nitrogens with two attached hydrogens (primary N) is 1. The molecule has 0 fully saturated rings. The van der Waals surface area contributed by atoms with Gasteiger partial charge in [-0.1, -0.05) is 25.5 Å². The molecule has 2 nitrogen and oxygen atoms in total. The molecule has 0 saturated heterocycles. The van der Waals surface area contributed by atoms with Crippen molar-refractivity contribution in [3.05, 3.63) is 29.8 Å². The summed E-state index contributed by atoms with van der Waals surface area (Å²) in [6, 6.07) is 8.10. The van der Waals surface area contributed by atoms with Crippen molar-refractivity contribution in [1.29, 1.82) is 0 Å². The molecule has 2 atom stereocenters. The summed E-state index contributed by atoms with van der Waals surface area (Å²) in [5, 5.41) is 0. The van der Waals surface area contributed by atoms with Crippen LogP contribution in [0.15, 0.2) is 24.3 Å². The first-order chi connectivity index (χ1) is 7.13. The average Bonchev–Trinajstić information content (AvgIpc) is 2.18. The van der Waals surface area contributed by atoms with Gasteiger partial charge in [0.25, 0.3) is 0 Å². The molecule has 0 aromatic heterocycles. The monoisotopic (exact) mass is 207 g/mol. The van der Waals surface area contributed by atoms with Crippen molar-refractivity contribution in [3.8, 4) is 5.75 Å². The molecule has 15 heavy (non-hydrogen) atoms. The fourth-order valence-corrected chi connectivity index (χ4v) is 1.57. The highest BCUT2D eigenvalue weighted by atomic mass is 16.5. The van der Waals surface area contributed by atoms with Gasteiger partial charge in [0, 0.05) is 6.04 Å². The molecule has 0 aliphatic carbocycles. The highest BCUT2D eigenvalue weighted by Crippen LogP contribution is 2.19. The first-order valence-corrected chi connectivity index (χ1v) is 5.65. The molecule has 0 saturated carbocycles. The molecule has 0 aliphatic heterocycles. The summed E-state index contributed by atoms with van der Waals surface area (Å²) in [5.74, 6) is 0.922. The number of ether oxygens (including phenoxy) is 1. The third-order valence-corrected chi connectivity index (χ3v) is 2.42. The van der Waals surface area contributed by atoms with Crippen molar-refractivity contribution >= 4 is 0 Å². The third kappa shape index (κ3) is 3.92. The highest BCUT2D eigenvalue weighted by Gasteiger charge is 2.04. The number of rotatable bonds is 5. The van der Waals surface area contributed by atoms with Gasteiger partial charge >= 0.3 is 0 Å². The lowest BCUT2D eigenvalue weighted by Crippen LogP contribution is -2.11. The van der Waals surface area contributed by atoms with Crippen molar-refractivity contribution in [3.63, 3.8) is 0 Å². The van der Waals surface area contributed by atoms with E-state index in [1.54, 1.807) is 0 Å². The maximum Gasteiger partial charge on any atom is 0.120 e. The van der Waals surface area contributed by atoms with Crippen LogP contribution in [0, 0.1) is 0 Å². The molecule has 2 N–H and O–H groups in total. The number of benzene rings is 1. The summed E-state index contributed by atoms with van der Waals surface area (Å²) >= 11 is 0. The molecule has 0 radical (unpaired) electrons. The van der Waals surface area contributed by atoms with Gasteiger partial charge in [-0.15, -0.1) is 0 Å². The quantitative estimate of drug-likeness (QED) is 0.804. The normalized spacial score (nSPS) is 14.7. The van der Waals surface area contributed by atoms with Crippen molar-refractivity contribution in [2.24, 2.45) is 5.73 Å². The molecule has 0 amide bonds. The second kappa shape index (κ2) is 5.76. The smallest absolute Gasteiger partial charge is 0.120 e. The minimum Gasteiger partial charge on any atom is -0.491 e. The molecule has 1 rings (SSSR count). The zero-order valence-corrected chi connectivity index (χ0v) is 9.86. The zero-order chi connectivity index (χ0) is 11.3. The summed E-state index contributed by atoms with van der Waals surface area (Å²) in [5.41, 5.74) is 6.94. The van der Waals surface area contributed by atoms with E-state index in [1.807, 2.05) is 31.2 Å². The molecule has 0 bridgehead atoms. The SMILES string of the molecule is CCC[C@H](C)Oc1cccc([C@@H](C)N)c1. The van der Waals surface area contributed by atoms with Crippen LogP contribution in [0.1, 0.15) is 45.2 Å². The van der Waals surface area contributed by atoms with E-state index < -0.39 is 0 Å². The van der Waals surface area contributed by atoms with Crippen LogP contribution in [0.5, 0.6) is 5.75 Å². The Morgan fingerprint density at radius 1 is 1.33 bits per heavy atom. The van der Waals surface area contributed by atoms with Gasteiger partial charge in [-0.2, -0.15) is 0 Å². The Hall–Kier alpha value is -1.02. The lowest BCUT2D eigenvalue weighted by Gasteiger charge is -2.15. The van der Waals surface area contributed by atoms with Crippen LogP contribution < -0.4 is 10.5 Å². The number of hydrogen-bond acceptors (Lipinski definition) is 2. The van der Waals surface area contributed by atoms with Crippen molar-refractivity contribution in [2.75, 3.05) is 0 Å². The largest absolute Gasteiger partial charge is 0.491 e. The summed E-state index contributed by atoms with van der Waals surface area (Å²) in [4.78, 5) is 0. The summed E-state index contributed by atoms with van der Waals surface area (Å²) in [7, 11) is 0.